The second-order valence-corrected chi connectivity index (χ2v) is 6.84. The molecule has 0 atom stereocenters. The number of nitrogens with one attached hydrogen (secondary N) is 3. The van der Waals surface area contributed by atoms with Gasteiger partial charge in [-0.05, 0) is 13.0 Å². The molecule has 2 amide bonds. The highest BCUT2D eigenvalue weighted by Gasteiger charge is 2.20. The first-order valence-electron chi connectivity index (χ1n) is 9.27. The van der Waals surface area contributed by atoms with Gasteiger partial charge in [-0.25, -0.2) is 0 Å². The van der Waals surface area contributed by atoms with Crippen molar-refractivity contribution in [2.75, 3.05) is 5.32 Å². The number of nitrogens with zero attached hydrogens (tertiary/aromatic N) is 2. The number of para-hydroxylation sites is 1. The summed E-state index contributed by atoms with van der Waals surface area (Å²) < 4.78 is 1.68. The van der Waals surface area contributed by atoms with Crippen LogP contribution in [0.3, 0.4) is 0 Å². The molecule has 7 nitrogen and oxygen atoms in total. The molecule has 0 spiro atoms. The second-order valence-electron chi connectivity index (χ2n) is 6.84. The van der Waals surface area contributed by atoms with Gasteiger partial charge in [0.2, 0.25) is 0 Å². The van der Waals surface area contributed by atoms with E-state index in [0.717, 1.165) is 33.4 Å². The molecule has 0 unspecified atom stereocenters. The highest BCUT2D eigenvalue weighted by molar-refractivity contribution is 6.40. The highest BCUT2D eigenvalue weighted by atomic mass is 16.2. The molecule has 0 saturated heterocycles. The van der Waals surface area contributed by atoms with Crippen molar-refractivity contribution >= 4 is 28.4 Å². The highest BCUT2D eigenvalue weighted by Crippen LogP contribution is 2.34. The zero-order valence-corrected chi connectivity index (χ0v) is 16.2. The number of rotatable bonds is 4. The summed E-state index contributed by atoms with van der Waals surface area (Å²) in [6, 6.07) is 17.3. The van der Waals surface area contributed by atoms with Gasteiger partial charge in [-0.15, -0.1) is 0 Å². The van der Waals surface area contributed by atoms with Crippen molar-refractivity contribution in [3.05, 3.63) is 72.1 Å². The van der Waals surface area contributed by atoms with E-state index < -0.39 is 11.8 Å². The first-order valence-corrected chi connectivity index (χ1v) is 9.27. The number of aromatic amines is 1. The predicted molar refractivity (Wildman–Crippen MR) is 112 cm³/mol. The van der Waals surface area contributed by atoms with E-state index in [1.807, 2.05) is 74.8 Å². The Balaban J connectivity index is 1.57. The van der Waals surface area contributed by atoms with Crippen LogP contribution in [0.25, 0.3) is 22.2 Å². The minimum atomic E-state index is -0.714. The van der Waals surface area contributed by atoms with Gasteiger partial charge in [0.15, 0.2) is 0 Å². The first-order chi connectivity index (χ1) is 14.0. The molecule has 0 radical (unpaired) electrons. The van der Waals surface area contributed by atoms with Gasteiger partial charge >= 0.3 is 11.8 Å². The minimum absolute atomic E-state index is 0.241. The van der Waals surface area contributed by atoms with Crippen molar-refractivity contribution in [2.24, 2.45) is 7.05 Å². The normalized spacial score (nSPS) is 10.8. The lowest BCUT2D eigenvalue weighted by Crippen LogP contribution is -2.35. The van der Waals surface area contributed by atoms with E-state index >= 15 is 0 Å². The van der Waals surface area contributed by atoms with Crippen LogP contribution in [0.5, 0.6) is 0 Å². The molecule has 4 rings (SSSR count). The lowest BCUT2D eigenvalue weighted by Gasteiger charge is -2.08. The van der Waals surface area contributed by atoms with Gasteiger partial charge in [0, 0.05) is 41.8 Å². The molecule has 7 heteroatoms. The smallest absolute Gasteiger partial charge is 0.313 e. The Morgan fingerprint density at radius 2 is 1.76 bits per heavy atom. The van der Waals surface area contributed by atoms with Gasteiger partial charge in [-0.2, -0.15) is 5.10 Å². The van der Waals surface area contributed by atoms with Crippen LogP contribution in [0.2, 0.25) is 0 Å². The van der Waals surface area contributed by atoms with Gasteiger partial charge in [-0.1, -0.05) is 48.5 Å². The van der Waals surface area contributed by atoms with Crippen LogP contribution in [0, 0.1) is 6.92 Å². The Labute approximate surface area is 167 Å². The Bertz CT molecular complexity index is 1190. The number of aromatic nitrogens is 3. The summed E-state index contributed by atoms with van der Waals surface area (Å²) in [5.74, 6) is -1.41. The summed E-state index contributed by atoms with van der Waals surface area (Å²) >= 11 is 0. The summed E-state index contributed by atoms with van der Waals surface area (Å²) in [6.45, 7) is 2.10. The first kappa shape index (κ1) is 18.5. The molecule has 4 aromatic rings. The number of carbonyl (C=O) groups is 2. The van der Waals surface area contributed by atoms with E-state index in [4.69, 9.17) is 0 Å². The van der Waals surface area contributed by atoms with Crippen molar-refractivity contribution < 1.29 is 9.59 Å². The molecule has 146 valence electrons. The summed E-state index contributed by atoms with van der Waals surface area (Å²) in [7, 11) is 1.81. The van der Waals surface area contributed by atoms with Gasteiger partial charge in [0.25, 0.3) is 0 Å². The zero-order chi connectivity index (χ0) is 20.4. The monoisotopic (exact) mass is 387 g/mol. The third kappa shape index (κ3) is 3.75. The number of benzene rings is 2. The molecule has 0 bridgehead atoms. The number of H-pyrrole nitrogens is 1. The van der Waals surface area contributed by atoms with Crippen molar-refractivity contribution in [3.8, 4) is 11.3 Å². The maximum absolute atomic E-state index is 12.6. The average molecular weight is 387 g/mol. The Hall–Kier alpha value is -3.87. The summed E-state index contributed by atoms with van der Waals surface area (Å²) in [5, 5.41) is 10.5. The third-order valence-corrected chi connectivity index (χ3v) is 4.77. The Morgan fingerprint density at radius 3 is 2.48 bits per heavy atom. The van der Waals surface area contributed by atoms with E-state index in [0.29, 0.717) is 5.69 Å². The van der Waals surface area contributed by atoms with Crippen molar-refractivity contribution in [1.29, 1.82) is 0 Å². The average Bonchev–Trinajstić information content (AvgIpc) is 3.26. The van der Waals surface area contributed by atoms with E-state index in [1.54, 1.807) is 4.68 Å². The molecule has 0 aliphatic heterocycles. The quantitative estimate of drug-likeness (QED) is 0.470. The van der Waals surface area contributed by atoms with Crippen molar-refractivity contribution in [3.63, 3.8) is 0 Å². The molecule has 0 aliphatic carbocycles. The summed E-state index contributed by atoms with van der Waals surface area (Å²) in [4.78, 5) is 28.3. The van der Waals surface area contributed by atoms with E-state index in [2.05, 4.69) is 20.7 Å². The summed E-state index contributed by atoms with van der Waals surface area (Å²) in [5.41, 5.74) is 4.83. The van der Waals surface area contributed by atoms with Gasteiger partial charge in [-0.3, -0.25) is 14.3 Å². The number of hydrogen-bond acceptors (Lipinski definition) is 3. The number of fused-ring (bicyclic) bond motifs is 1. The van der Waals surface area contributed by atoms with Crippen LogP contribution >= 0.6 is 0 Å². The lowest BCUT2D eigenvalue weighted by atomic mass is 10.1. The SMILES string of the molecule is Cc1nn(C)cc1CNC(=O)C(=O)Nc1c(-c2ccccc2)[nH]c2ccccc12. The molecule has 3 N–H and O–H groups in total. The molecule has 29 heavy (non-hydrogen) atoms. The number of anilines is 1. The number of carbonyl (C=O) groups excluding carboxylic acids is 2. The zero-order valence-electron chi connectivity index (χ0n) is 16.2. The molecule has 2 heterocycles. The predicted octanol–water partition coefficient (Wildman–Crippen LogP) is 3.13. The van der Waals surface area contributed by atoms with Crippen LogP contribution in [0.15, 0.2) is 60.8 Å². The van der Waals surface area contributed by atoms with E-state index in [9.17, 15) is 9.59 Å². The lowest BCUT2D eigenvalue weighted by molar-refractivity contribution is -0.136. The molecule has 0 fully saturated rings. The third-order valence-electron chi connectivity index (χ3n) is 4.77. The largest absolute Gasteiger partial charge is 0.353 e. The number of amides is 2. The molecule has 0 saturated carbocycles. The topological polar surface area (TPSA) is 91.8 Å². The van der Waals surface area contributed by atoms with Gasteiger partial charge in [0.05, 0.1) is 17.1 Å². The van der Waals surface area contributed by atoms with Crippen LogP contribution in [-0.4, -0.2) is 26.6 Å². The fourth-order valence-electron chi connectivity index (χ4n) is 3.34. The molecular formula is C22H21N5O2. The van der Waals surface area contributed by atoms with E-state index in [-0.39, 0.29) is 6.54 Å². The molecule has 2 aromatic carbocycles. The van der Waals surface area contributed by atoms with Crippen LogP contribution in [-0.2, 0) is 23.2 Å². The number of hydrogen-bond donors (Lipinski definition) is 3. The van der Waals surface area contributed by atoms with Crippen molar-refractivity contribution in [1.82, 2.24) is 20.1 Å². The van der Waals surface area contributed by atoms with Crippen molar-refractivity contribution in [2.45, 2.75) is 13.5 Å². The molecule has 0 aliphatic rings. The molecular weight excluding hydrogens is 366 g/mol. The number of aryl methyl sites for hydroxylation is 2. The van der Waals surface area contributed by atoms with Crippen LogP contribution < -0.4 is 10.6 Å². The Kier molecular flexibility index (Phi) is 4.87. The maximum Gasteiger partial charge on any atom is 0.313 e. The van der Waals surface area contributed by atoms with Gasteiger partial charge < -0.3 is 15.6 Å². The minimum Gasteiger partial charge on any atom is -0.353 e. The fraction of sp³-hybridized carbons (Fsp3) is 0.136. The van der Waals surface area contributed by atoms with Crippen LogP contribution in [0.4, 0.5) is 5.69 Å². The van der Waals surface area contributed by atoms with Gasteiger partial charge in [0.1, 0.15) is 0 Å². The standard InChI is InChI=1S/C22H21N5O2/c1-14-16(13-27(2)26-14)12-23-21(28)22(29)25-20-17-10-6-7-11-18(17)24-19(20)15-8-4-3-5-9-15/h3-11,13,24H,12H2,1-2H3,(H,23,28)(H,25,29). The van der Waals surface area contributed by atoms with Crippen LogP contribution in [0.1, 0.15) is 11.3 Å². The van der Waals surface area contributed by atoms with E-state index in [1.165, 1.54) is 0 Å². The fourth-order valence-corrected chi connectivity index (χ4v) is 3.34. The second kappa shape index (κ2) is 7.63. The maximum atomic E-state index is 12.6. The summed E-state index contributed by atoms with van der Waals surface area (Å²) in [6.07, 6.45) is 1.82. The molecule has 2 aromatic heterocycles. The Morgan fingerprint density at radius 1 is 1.03 bits per heavy atom.